The first-order valence-electron chi connectivity index (χ1n) is 6.26. The second kappa shape index (κ2) is 4.89. The van der Waals surface area contributed by atoms with Crippen molar-refractivity contribution in [3.05, 3.63) is 47.5 Å². The molecule has 0 unspecified atom stereocenters. The molecule has 0 radical (unpaired) electrons. The van der Waals surface area contributed by atoms with Crippen molar-refractivity contribution in [1.29, 1.82) is 0 Å². The van der Waals surface area contributed by atoms with Crippen molar-refractivity contribution in [2.24, 2.45) is 0 Å². The first-order valence-corrected chi connectivity index (χ1v) is 6.26. The number of hydrogen-bond donors (Lipinski definition) is 0. The highest BCUT2D eigenvalue weighted by atomic mass is 16.5. The summed E-state index contributed by atoms with van der Waals surface area (Å²) in [7, 11) is 3.18. The van der Waals surface area contributed by atoms with Gasteiger partial charge in [0, 0.05) is 16.7 Å². The van der Waals surface area contributed by atoms with Gasteiger partial charge in [-0.1, -0.05) is 24.3 Å². The van der Waals surface area contributed by atoms with E-state index >= 15 is 0 Å². The topological polar surface area (TPSA) is 44.8 Å². The van der Waals surface area contributed by atoms with E-state index in [-0.39, 0.29) is 12.6 Å². The first-order chi connectivity index (χ1) is 9.76. The highest BCUT2D eigenvalue weighted by molar-refractivity contribution is 6.00. The second-order valence-electron chi connectivity index (χ2n) is 4.46. The molecular weight excluding hydrogens is 256 g/mol. The van der Waals surface area contributed by atoms with Gasteiger partial charge in [-0.05, 0) is 12.1 Å². The monoisotopic (exact) mass is 270 g/mol. The van der Waals surface area contributed by atoms with Gasteiger partial charge < -0.3 is 14.2 Å². The average Bonchev–Trinajstić information content (AvgIpc) is 2.64. The highest BCUT2D eigenvalue weighted by Crippen LogP contribution is 2.43. The number of cyclic esters (lactones) is 1. The number of rotatable bonds is 2. The molecule has 0 fully saturated rings. The van der Waals surface area contributed by atoms with Crippen LogP contribution in [0.5, 0.6) is 11.5 Å². The van der Waals surface area contributed by atoms with Gasteiger partial charge in [0.2, 0.25) is 0 Å². The summed E-state index contributed by atoms with van der Waals surface area (Å²) in [6.07, 6.45) is 0. The average molecular weight is 270 g/mol. The van der Waals surface area contributed by atoms with Crippen molar-refractivity contribution in [2.45, 2.75) is 6.61 Å². The van der Waals surface area contributed by atoms with Crippen molar-refractivity contribution >= 4 is 5.97 Å². The van der Waals surface area contributed by atoms with E-state index in [1.54, 1.807) is 20.3 Å². The van der Waals surface area contributed by atoms with Gasteiger partial charge in [0.1, 0.15) is 6.61 Å². The van der Waals surface area contributed by atoms with Gasteiger partial charge in [-0.25, -0.2) is 4.79 Å². The van der Waals surface area contributed by atoms with Crippen LogP contribution in [0.2, 0.25) is 0 Å². The molecule has 0 bridgehead atoms. The molecule has 1 heterocycles. The minimum Gasteiger partial charge on any atom is -0.493 e. The van der Waals surface area contributed by atoms with E-state index in [2.05, 4.69) is 0 Å². The van der Waals surface area contributed by atoms with Crippen molar-refractivity contribution in [1.82, 2.24) is 0 Å². The Labute approximate surface area is 116 Å². The third-order valence-corrected chi connectivity index (χ3v) is 3.41. The van der Waals surface area contributed by atoms with Crippen molar-refractivity contribution in [3.63, 3.8) is 0 Å². The molecule has 0 atom stereocenters. The lowest BCUT2D eigenvalue weighted by Gasteiger charge is -2.15. The predicted octanol–water partition coefficient (Wildman–Crippen LogP) is 3.04. The van der Waals surface area contributed by atoms with Crippen LogP contribution in [-0.2, 0) is 11.3 Å². The molecule has 0 amide bonds. The molecule has 0 saturated carbocycles. The number of carbonyl (C=O) groups is 1. The lowest BCUT2D eigenvalue weighted by Crippen LogP contribution is -2.02. The van der Waals surface area contributed by atoms with E-state index in [9.17, 15) is 4.79 Å². The zero-order chi connectivity index (χ0) is 14.1. The van der Waals surface area contributed by atoms with Crippen LogP contribution in [0.3, 0.4) is 0 Å². The van der Waals surface area contributed by atoms with Crippen LogP contribution in [0, 0.1) is 0 Å². The molecule has 2 aromatic rings. The summed E-state index contributed by atoms with van der Waals surface area (Å²) in [5, 5.41) is 0. The van der Waals surface area contributed by atoms with Crippen LogP contribution in [0.15, 0.2) is 36.4 Å². The molecule has 0 N–H and O–H groups in total. The number of methoxy groups -OCH3 is 2. The lowest BCUT2D eigenvalue weighted by molar-refractivity contribution is 0.0479. The quantitative estimate of drug-likeness (QED) is 0.787. The summed E-state index contributed by atoms with van der Waals surface area (Å²) in [6.45, 7) is 0.225. The maximum Gasteiger partial charge on any atom is 0.339 e. The number of benzene rings is 2. The van der Waals surface area contributed by atoms with Gasteiger partial charge in [0.15, 0.2) is 11.5 Å². The van der Waals surface area contributed by atoms with Gasteiger partial charge in [-0.15, -0.1) is 0 Å². The minimum atomic E-state index is -0.321. The molecule has 1 aliphatic heterocycles. The molecule has 0 saturated heterocycles. The Bertz CT molecular complexity index is 676. The summed E-state index contributed by atoms with van der Waals surface area (Å²) < 4.78 is 16.1. The first kappa shape index (κ1) is 12.5. The van der Waals surface area contributed by atoms with Crippen molar-refractivity contribution in [3.8, 4) is 22.6 Å². The zero-order valence-corrected chi connectivity index (χ0v) is 11.3. The molecule has 20 heavy (non-hydrogen) atoms. The fourth-order valence-corrected chi connectivity index (χ4v) is 2.48. The fraction of sp³-hybridized carbons (Fsp3) is 0.188. The molecule has 4 heteroatoms. The standard InChI is InChI=1S/C16H14O4/c1-18-13-8-7-10-9-20-16(17)12-6-4-3-5-11(12)14(10)15(13)19-2/h3-8H,9H2,1-2H3. The zero-order valence-electron chi connectivity index (χ0n) is 11.3. The van der Waals surface area contributed by atoms with Crippen LogP contribution in [0.4, 0.5) is 0 Å². The van der Waals surface area contributed by atoms with Crippen LogP contribution < -0.4 is 9.47 Å². The lowest BCUT2D eigenvalue weighted by atomic mass is 9.95. The largest absolute Gasteiger partial charge is 0.493 e. The van der Waals surface area contributed by atoms with E-state index < -0.39 is 0 Å². The van der Waals surface area contributed by atoms with E-state index in [1.807, 2.05) is 30.3 Å². The molecule has 2 aromatic carbocycles. The maximum absolute atomic E-state index is 12.0. The Morgan fingerprint density at radius 1 is 1.00 bits per heavy atom. The van der Waals surface area contributed by atoms with Gasteiger partial charge in [-0.2, -0.15) is 0 Å². The fourth-order valence-electron chi connectivity index (χ4n) is 2.48. The molecule has 102 valence electrons. The second-order valence-corrected chi connectivity index (χ2v) is 4.46. The van der Waals surface area contributed by atoms with E-state index in [4.69, 9.17) is 14.2 Å². The maximum atomic E-state index is 12.0. The Balaban J connectivity index is 2.36. The molecule has 1 aliphatic rings. The van der Waals surface area contributed by atoms with Crippen LogP contribution >= 0.6 is 0 Å². The Morgan fingerprint density at radius 3 is 2.45 bits per heavy atom. The minimum absolute atomic E-state index is 0.225. The predicted molar refractivity (Wildman–Crippen MR) is 74.1 cm³/mol. The van der Waals surface area contributed by atoms with Crippen LogP contribution in [0.1, 0.15) is 15.9 Å². The molecule has 3 rings (SSSR count). The summed E-state index contributed by atoms with van der Waals surface area (Å²) in [5.74, 6) is 0.934. The third-order valence-electron chi connectivity index (χ3n) is 3.41. The molecule has 0 aliphatic carbocycles. The number of fused-ring (bicyclic) bond motifs is 3. The van der Waals surface area contributed by atoms with Crippen LogP contribution in [0.25, 0.3) is 11.1 Å². The summed E-state index contributed by atoms with van der Waals surface area (Å²) >= 11 is 0. The normalized spacial score (nSPS) is 12.8. The van der Waals surface area contributed by atoms with Gasteiger partial charge in [-0.3, -0.25) is 0 Å². The van der Waals surface area contributed by atoms with E-state index in [0.29, 0.717) is 17.1 Å². The van der Waals surface area contributed by atoms with Crippen LogP contribution in [-0.4, -0.2) is 20.2 Å². The van der Waals surface area contributed by atoms with E-state index in [1.165, 1.54) is 0 Å². The summed E-state index contributed by atoms with van der Waals surface area (Å²) in [6, 6.07) is 11.1. The summed E-state index contributed by atoms with van der Waals surface area (Å²) in [4.78, 5) is 12.0. The molecule has 4 nitrogen and oxygen atoms in total. The van der Waals surface area contributed by atoms with Gasteiger partial charge in [0.05, 0.1) is 19.8 Å². The Morgan fingerprint density at radius 2 is 1.75 bits per heavy atom. The molecular formula is C16H14O4. The van der Waals surface area contributed by atoms with Gasteiger partial charge >= 0.3 is 5.97 Å². The number of hydrogen-bond acceptors (Lipinski definition) is 4. The molecule has 0 spiro atoms. The number of carbonyl (C=O) groups excluding carboxylic acids is 1. The van der Waals surface area contributed by atoms with Crippen molar-refractivity contribution < 1.29 is 19.0 Å². The van der Waals surface area contributed by atoms with Crippen molar-refractivity contribution in [2.75, 3.05) is 14.2 Å². The smallest absolute Gasteiger partial charge is 0.339 e. The third kappa shape index (κ3) is 1.81. The number of esters is 1. The summed E-state index contributed by atoms with van der Waals surface area (Å²) in [5.41, 5.74) is 3.10. The van der Waals surface area contributed by atoms with Gasteiger partial charge in [0.25, 0.3) is 0 Å². The Kier molecular flexibility index (Phi) is 3.06. The number of ether oxygens (including phenoxy) is 3. The SMILES string of the molecule is COc1ccc2c(c1OC)-c1ccccc1C(=O)OC2. The van der Waals surface area contributed by atoms with E-state index in [0.717, 1.165) is 16.7 Å². The highest BCUT2D eigenvalue weighted by Gasteiger charge is 2.25. The Hall–Kier alpha value is -2.49. The molecule has 0 aromatic heterocycles.